The van der Waals surface area contributed by atoms with Crippen molar-refractivity contribution in [2.45, 2.75) is 90.8 Å². The average molecular weight is 512 g/mol. The Bertz CT molecular complexity index is 889. The molecular formula is C25H38ClNO4SSi. The Balaban J connectivity index is 2.24. The summed E-state index contributed by atoms with van der Waals surface area (Å²) in [5.74, 6) is -0.863. The Kier molecular flexibility index (Phi) is 8.59. The molecule has 1 aromatic carbocycles. The van der Waals surface area contributed by atoms with E-state index in [9.17, 15) is 9.59 Å². The smallest absolute Gasteiger partial charge is 0.326 e. The Labute approximate surface area is 210 Å². The maximum absolute atomic E-state index is 13.2. The molecule has 0 bridgehead atoms. The highest BCUT2D eigenvalue weighted by molar-refractivity contribution is 7.80. The number of esters is 1. The summed E-state index contributed by atoms with van der Waals surface area (Å²) in [6.07, 6.45) is 0.202. The van der Waals surface area contributed by atoms with Crippen LogP contribution in [0.2, 0.25) is 23.2 Å². The van der Waals surface area contributed by atoms with E-state index in [1.54, 1.807) is 17.0 Å². The van der Waals surface area contributed by atoms with Crippen molar-refractivity contribution in [2.24, 2.45) is 5.92 Å². The number of likely N-dealkylation sites (tertiary alicyclic amines) is 1. The van der Waals surface area contributed by atoms with Crippen LogP contribution in [0.5, 0.6) is 0 Å². The molecule has 0 spiro atoms. The maximum atomic E-state index is 13.2. The van der Waals surface area contributed by atoms with Crippen molar-refractivity contribution in [3.05, 3.63) is 34.9 Å². The number of rotatable bonds is 8. The molecule has 33 heavy (non-hydrogen) atoms. The van der Waals surface area contributed by atoms with Gasteiger partial charge >= 0.3 is 5.97 Å². The zero-order valence-corrected chi connectivity index (χ0v) is 23.9. The molecule has 1 saturated heterocycles. The molecule has 0 unspecified atom stereocenters. The summed E-state index contributed by atoms with van der Waals surface area (Å²) >= 11 is 11.7. The molecule has 1 fully saturated rings. The lowest BCUT2D eigenvalue weighted by Gasteiger charge is -2.51. The van der Waals surface area contributed by atoms with Crippen LogP contribution in [0.25, 0.3) is 0 Å². The molecule has 3 atom stereocenters. The molecule has 1 amide bonds. The molecule has 1 aliphatic rings. The molecule has 2 rings (SSSR count). The fourth-order valence-electron chi connectivity index (χ4n) is 3.75. The van der Waals surface area contributed by atoms with Crippen LogP contribution in [0.15, 0.2) is 24.3 Å². The molecular weight excluding hydrogens is 474 g/mol. The van der Waals surface area contributed by atoms with Crippen molar-refractivity contribution >= 4 is 48.9 Å². The number of carbonyl (C=O) groups is 2. The zero-order chi connectivity index (χ0) is 25.4. The van der Waals surface area contributed by atoms with Gasteiger partial charge in [-0.05, 0) is 63.5 Å². The highest BCUT2D eigenvalue weighted by atomic mass is 35.5. The van der Waals surface area contributed by atoms with E-state index in [2.05, 4.69) is 33.9 Å². The number of benzene rings is 1. The van der Waals surface area contributed by atoms with Crippen LogP contribution in [0.3, 0.4) is 0 Å². The van der Waals surface area contributed by atoms with E-state index in [1.165, 1.54) is 0 Å². The first-order chi connectivity index (χ1) is 14.9. The van der Waals surface area contributed by atoms with Gasteiger partial charge in [0.05, 0.1) is 18.1 Å². The molecule has 0 aromatic heterocycles. The van der Waals surface area contributed by atoms with Crippen molar-refractivity contribution < 1.29 is 18.8 Å². The van der Waals surface area contributed by atoms with Crippen LogP contribution in [0.1, 0.15) is 60.5 Å². The van der Waals surface area contributed by atoms with E-state index in [0.29, 0.717) is 11.4 Å². The van der Waals surface area contributed by atoms with Gasteiger partial charge in [0.1, 0.15) is 12.1 Å². The number of thiocarbonyl (C=S) groups is 1. The second kappa shape index (κ2) is 10.1. The third-order valence-corrected chi connectivity index (χ3v) is 11.7. The van der Waals surface area contributed by atoms with Crippen molar-refractivity contribution in [2.75, 3.05) is 6.54 Å². The van der Waals surface area contributed by atoms with Crippen molar-refractivity contribution in [1.29, 1.82) is 0 Å². The average Bonchev–Trinajstić information content (AvgIpc) is 2.63. The topological polar surface area (TPSA) is 55.8 Å². The van der Waals surface area contributed by atoms with Gasteiger partial charge in [0, 0.05) is 16.3 Å². The molecule has 0 saturated carbocycles. The second-order valence-corrected chi connectivity index (χ2v) is 17.0. The van der Waals surface area contributed by atoms with Crippen LogP contribution in [0.4, 0.5) is 0 Å². The lowest BCUT2D eigenvalue weighted by Crippen LogP contribution is -2.67. The minimum absolute atomic E-state index is 0.0262. The number of hydrogen-bond acceptors (Lipinski definition) is 5. The van der Waals surface area contributed by atoms with Gasteiger partial charge in [0.25, 0.3) is 0 Å². The largest absolute Gasteiger partial charge is 0.459 e. The predicted octanol–water partition coefficient (Wildman–Crippen LogP) is 6.03. The van der Waals surface area contributed by atoms with Crippen LogP contribution in [-0.2, 0) is 18.8 Å². The first-order valence-corrected chi connectivity index (χ1v) is 15.1. The fraction of sp³-hybridized carbons (Fsp3) is 0.640. The zero-order valence-electron chi connectivity index (χ0n) is 21.3. The third kappa shape index (κ3) is 7.10. The number of amides is 1. The Morgan fingerprint density at radius 1 is 1.15 bits per heavy atom. The van der Waals surface area contributed by atoms with E-state index in [4.69, 9.17) is 33.0 Å². The maximum Gasteiger partial charge on any atom is 0.326 e. The van der Waals surface area contributed by atoms with E-state index in [-0.39, 0.29) is 35.6 Å². The van der Waals surface area contributed by atoms with Gasteiger partial charge in [-0.25, -0.2) is 0 Å². The Morgan fingerprint density at radius 3 is 2.18 bits per heavy atom. The van der Waals surface area contributed by atoms with Crippen LogP contribution < -0.4 is 0 Å². The fourth-order valence-corrected chi connectivity index (χ4v) is 5.61. The quantitative estimate of drug-likeness (QED) is 0.140. The summed E-state index contributed by atoms with van der Waals surface area (Å²) in [6, 6.07) is 7.14. The lowest BCUT2D eigenvalue weighted by molar-refractivity contribution is -0.174. The number of ether oxygens (including phenoxy) is 1. The Hall–Kier alpha value is -1.28. The summed E-state index contributed by atoms with van der Waals surface area (Å²) in [5.41, 5.74) is 0.278. The minimum atomic E-state index is -2.08. The van der Waals surface area contributed by atoms with E-state index >= 15 is 0 Å². The minimum Gasteiger partial charge on any atom is -0.459 e. The molecule has 8 heteroatoms. The van der Waals surface area contributed by atoms with Crippen molar-refractivity contribution in [1.82, 2.24) is 4.90 Å². The molecule has 5 nitrogen and oxygen atoms in total. The van der Waals surface area contributed by atoms with Crippen molar-refractivity contribution in [3.63, 3.8) is 0 Å². The highest BCUT2D eigenvalue weighted by Gasteiger charge is 2.53. The molecule has 0 radical (unpaired) electrons. The summed E-state index contributed by atoms with van der Waals surface area (Å²) in [7, 11) is -2.08. The first-order valence-electron chi connectivity index (χ1n) is 11.4. The predicted molar refractivity (Wildman–Crippen MR) is 140 cm³/mol. The number of carbonyl (C=O) groups excluding carboxylic acids is 2. The standard InChI is InChI=1S/C25H38ClNO4SSi/c1-16(31-33(8,9)25(5,6)7)22-19(14-20(32)17-10-12-18(26)13-11-17)27(23(22)29)15-21(28)30-24(2,3)4/h10-13,16,19,22H,14-15H2,1-9H3/t16-,19+,22-/m1/s1. The molecule has 1 aromatic rings. The highest BCUT2D eigenvalue weighted by Crippen LogP contribution is 2.41. The molecule has 1 heterocycles. The van der Waals surface area contributed by atoms with Gasteiger partial charge in [-0.2, -0.15) is 0 Å². The van der Waals surface area contributed by atoms with Gasteiger partial charge in [-0.1, -0.05) is 56.7 Å². The summed E-state index contributed by atoms with van der Waals surface area (Å²) < 4.78 is 12.0. The lowest BCUT2D eigenvalue weighted by atomic mass is 9.80. The summed E-state index contributed by atoms with van der Waals surface area (Å²) in [5, 5.41) is 0.666. The second-order valence-electron chi connectivity index (χ2n) is 11.4. The van der Waals surface area contributed by atoms with Crippen LogP contribution >= 0.6 is 23.8 Å². The van der Waals surface area contributed by atoms with Gasteiger partial charge in [0.2, 0.25) is 5.91 Å². The van der Waals surface area contributed by atoms with E-state index in [1.807, 2.05) is 39.8 Å². The normalized spacial score (nSPS) is 20.3. The first kappa shape index (κ1) is 28.0. The summed E-state index contributed by atoms with van der Waals surface area (Å²) in [4.78, 5) is 28.0. The van der Waals surface area contributed by atoms with Crippen molar-refractivity contribution in [3.8, 4) is 0 Å². The number of halogens is 1. The molecule has 184 valence electrons. The number of nitrogens with zero attached hydrogens (tertiary/aromatic N) is 1. The van der Waals surface area contributed by atoms with E-state index in [0.717, 1.165) is 10.4 Å². The number of β-lactam (4-membered cyclic amide) rings is 1. The van der Waals surface area contributed by atoms with E-state index < -0.39 is 19.9 Å². The third-order valence-electron chi connectivity index (χ3n) is 6.46. The summed E-state index contributed by atoms with van der Waals surface area (Å²) in [6.45, 7) is 18.2. The van der Waals surface area contributed by atoms with Gasteiger partial charge in [-0.15, -0.1) is 0 Å². The SMILES string of the molecule is C[C@@H](O[Si](C)(C)C(C)(C)C)[C@H]1C(=O)N(CC(=O)OC(C)(C)C)[C@H]1CC(=S)c1ccc(Cl)cc1. The van der Waals surface area contributed by atoms with Crippen LogP contribution in [-0.4, -0.2) is 54.2 Å². The monoisotopic (exact) mass is 511 g/mol. The van der Waals surface area contributed by atoms with Gasteiger partial charge in [-0.3, -0.25) is 9.59 Å². The van der Waals surface area contributed by atoms with Crippen LogP contribution in [0, 0.1) is 5.92 Å². The molecule has 1 aliphatic heterocycles. The molecule has 0 aliphatic carbocycles. The molecule has 0 N–H and O–H groups in total. The van der Waals surface area contributed by atoms with Gasteiger partial charge < -0.3 is 14.1 Å². The number of hydrogen-bond donors (Lipinski definition) is 0. The Morgan fingerprint density at radius 2 is 1.70 bits per heavy atom. The van der Waals surface area contributed by atoms with Gasteiger partial charge in [0.15, 0.2) is 8.32 Å².